The van der Waals surface area contributed by atoms with E-state index >= 15 is 0 Å². The van der Waals surface area contributed by atoms with Crippen molar-refractivity contribution < 1.29 is 0 Å². The molecular weight excluding hydrogens is 288 g/mol. The van der Waals surface area contributed by atoms with E-state index in [2.05, 4.69) is 71.2 Å². The van der Waals surface area contributed by atoms with E-state index in [9.17, 15) is 0 Å². The van der Waals surface area contributed by atoms with Crippen LogP contribution in [0.15, 0.2) is 46.9 Å². The summed E-state index contributed by atoms with van der Waals surface area (Å²) in [6, 6.07) is 14.7. The van der Waals surface area contributed by atoms with Gasteiger partial charge in [0.25, 0.3) is 0 Å². The first kappa shape index (κ1) is 13.1. The second kappa shape index (κ2) is 5.55. The van der Waals surface area contributed by atoms with Crippen molar-refractivity contribution >= 4 is 27.3 Å². The van der Waals surface area contributed by atoms with E-state index in [1.54, 1.807) is 0 Å². The Morgan fingerprint density at radius 3 is 2.61 bits per heavy atom. The first-order valence-corrected chi connectivity index (χ1v) is 6.70. The summed E-state index contributed by atoms with van der Waals surface area (Å²) in [5.74, 6) is 0. The number of benzene rings is 2. The average molecular weight is 305 g/mol. The predicted molar refractivity (Wildman–Crippen MR) is 81.3 cm³/mol. The number of aryl methyl sites for hydroxylation is 1. The lowest BCUT2D eigenvalue weighted by Crippen LogP contribution is -2.13. The molecule has 0 aromatic heterocycles. The number of rotatable bonds is 3. The zero-order valence-corrected chi connectivity index (χ0v) is 12.2. The maximum atomic E-state index is 5.82. The quantitative estimate of drug-likeness (QED) is 0.929. The van der Waals surface area contributed by atoms with E-state index in [1.165, 1.54) is 11.3 Å². The summed E-state index contributed by atoms with van der Waals surface area (Å²) < 4.78 is 1.06. The molecule has 2 aromatic carbocycles. The van der Waals surface area contributed by atoms with Crippen molar-refractivity contribution in [1.82, 2.24) is 0 Å². The Morgan fingerprint density at radius 1 is 1.17 bits per heavy atom. The van der Waals surface area contributed by atoms with Gasteiger partial charge in [-0.1, -0.05) is 28.1 Å². The first-order chi connectivity index (χ1) is 8.61. The fourth-order valence-electron chi connectivity index (χ4n) is 2.02. The summed E-state index contributed by atoms with van der Waals surface area (Å²) in [4.78, 5) is 2.17. The summed E-state index contributed by atoms with van der Waals surface area (Å²) >= 11 is 3.48. The highest BCUT2D eigenvalue weighted by Gasteiger charge is 2.08. The lowest BCUT2D eigenvalue weighted by atomic mass is 10.1. The van der Waals surface area contributed by atoms with Gasteiger partial charge in [-0.2, -0.15) is 0 Å². The van der Waals surface area contributed by atoms with Crippen LogP contribution in [0.25, 0.3) is 0 Å². The minimum atomic E-state index is 0.533. The summed E-state index contributed by atoms with van der Waals surface area (Å²) in [6.07, 6.45) is 0. The Labute approximate surface area is 117 Å². The lowest BCUT2D eigenvalue weighted by Gasteiger charge is -2.23. The van der Waals surface area contributed by atoms with Crippen LogP contribution in [-0.2, 0) is 6.54 Å². The van der Waals surface area contributed by atoms with Gasteiger partial charge in [-0.15, -0.1) is 0 Å². The molecule has 0 aliphatic heterocycles. The van der Waals surface area contributed by atoms with Crippen molar-refractivity contribution in [2.75, 3.05) is 11.9 Å². The number of hydrogen-bond acceptors (Lipinski definition) is 2. The van der Waals surface area contributed by atoms with E-state index in [0.29, 0.717) is 6.54 Å². The normalized spacial score (nSPS) is 10.4. The maximum Gasteiger partial charge on any atom is 0.0454 e. The predicted octanol–water partition coefficient (Wildman–Crippen LogP) is 3.98. The van der Waals surface area contributed by atoms with Crippen molar-refractivity contribution in [3.8, 4) is 0 Å². The van der Waals surface area contributed by atoms with Crippen LogP contribution in [0.1, 0.15) is 11.1 Å². The molecule has 0 fully saturated rings. The summed E-state index contributed by atoms with van der Waals surface area (Å²) in [7, 11) is 2.07. The van der Waals surface area contributed by atoms with Gasteiger partial charge >= 0.3 is 0 Å². The van der Waals surface area contributed by atoms with Crippen LogP contribution in [0.5, 0.6) is 0 Å². The van der Waals surface area contributed by atoms with Gasteiger partial charge in [-0.25, -0.2) is 0 Å². The lowest BCUT2D eigenvalue weighted by molar-refractivity contribution is 1.04. The second-order valence-corrected chi connectivity index (χ2v) is 5.29. The summed E-state index contributed by atoms with van der Waals surface area (Å²) in [5.41, 5.74) is 10.5. The fourth-order valence-corrected chi connectivity index (χ4v) is 2.43. The maximum absolute atomic E-state index is 5.82. The third kappa shape index (κ3) is 2.74. The Hall–Kier alpha value is -1.32. The van der Waals surface area contributed by atoms with Gasteiger partial charge in [0.1, 0.15) is 0 Å². The highest BCUT2D eigenvalue weighted by Crippen LogP contribution is 2.29. The molecule has 0 radical (unpaired) electrons. The molecule has 94 valence electrons. The molecule has 0 spiro atoms. The number of halogens is 1. The molecular formula is C15H17BrN2. The van der Waals surface area contributed by atoms with Crippen molar-refractivity contribution in [2.24, 2.45) is 5.73 Å². The molecule has 0 aliphatic rings. The van der Waals surface area contributed by atoms with Gasteiger partial charge in [-0.3, -0.25) is 0 Å². The van der Waals surface area contributed by atoms with E-state index in [4.69, 9.17) is 5.73 Å². The molecule has 0 aliphatic carbocycles. The largest absolute Gasteiger partial charge is 0.344 e. The van der Waals surface area contributed by atoms with Gasteiger partial charge in [-0.05, 0) is 48.4 Å². The van der Waals surface area contributed by atoms with Crippen LogP contribution in [0.3, 0.4) is 0 Å². The molecule has 0 unspecified atom stereocenters. The van der Waals surface area contributed by atoms with E-state index in [-0.39, 0.29) is 0 Å². The number of nitrogens with zero attached hydrogens (tertiary/aromatic N) is 1. The minimum Gasteiger partial charge on any atom is -0.344 e. The summed E-state index contributed by atoms with van der Waals surface area (Å²) in [6.45, 7) is 2.63. The highest BCUT2D eigenvalue weighted by molar-refractivity contribution is 9.10. The number of hydrogen-bond donors (Lipinski definition) is 1. The van der Waals surface area contributed by atoms with Gasteiger partial charge in [0.05, 0.1) is 0 Å². The number of anilines is 2. The summed E-state index contributed by atoms with van der Waals surface area (Å²) in [5, 5.41) is 0. The third-order valence-electron chi connectivity index (χ3n) is 3.01. The number of nitrogens with two attached hydrogens (primary N) is 1. The Balaban J connectivity index is 2.42. The smallest absolute Gasteiger partial charge is 0.0454 e. The van der Waals surface area contributed by atoms with Gasteiger partial charge in [0.2, 0.25) is 0 Å². The fraction of sp³-hybridized carbons (Fsp3) is 0.200. The van der Waals surface area contributed by atoms with Crippen LogP contribution < -0.4 is 10.6 Å². The second-order valence-electron chi connectivity index (χ2n) is 4.38. The topological polar surface area (TPSA) is 29.3 Å². The van der Waals surface area contributed by atoms with Crippen molar-refractivity contribution in [1.29, 1.82) is 0 Å². The van der Waals surface area contributed by atoms with Gasteiger partial charge in [0, 0.05) is 29.4 Å². The third-order valence-corrected chi connectivity index (χ3v) is 3.51. The molecule has 0 bridgehead atoms. The molecule has 0 atom stereocenters. The Kier molecular flexibility index (Phi) is 4.04. The van der Waals surface area contributed by atoms with Crippen molar-refractivity contribution in [3.63, 3.8) is 0 Å². The molecule has 0 heterocycles. The van der Waals surface area contributed by atoms with Gasteiger partial charge in [0.15, 0.2) is 0 Å². The van der Waals surface area contributed by atoms with E-state index in [0.717, 1.165) is 15.7 Å². The molecule has 3 heteroatoms. The molecule has 0 saturated carbocycles. The Bertz CT molecular complexity index is 552. The molecule has 2 nitrogen and oxygen atoms in total. The van der Waals surface area contributed by atoms with E-state index in [1.807, 2.05) is 6.07 Å². The first-order valence-electron chi connectivity index (χ1n) is 5.90. The zero-order valence-electron chi connectivity index (χ0n) is 10.7. The molecule has 2 N–H and O–H groups in total. The van der Waals surface area contributed by atoms with Crippen molar-refractivity contribution in [3.05, 3.63) is 58.1 Å². The standard InChI is InChI=1S/C15H17BrN2/c1-11-4-3-5-14(8-11)18(2)15-7-6-13(16)9-12(15)10-17/h3-9H,10,17H2,1-2H3. The molecule has 0 saturated heterocycles. The molecule has 2 rings (SSSR count). The van der Waals surface area contributed by atoms with Crippen LogP contribution >= 0.6 is 15.9 Å². The minimum absolute atomic E-state index is 0.533. The molecule has 18 heavy (non-hydrogen) atoms. The van der Waals surface area contributed by atoms with Crippen LogP contribution in [0.4, 0.5) is 11.4 Å². The van der Waals surface area contributed by atoms with Crippen LogP contribution in [-0.4, -0.2) is 7.05 Å². The van der Waals surface area contributed by atoms with Crippen LogP contribution in [0, 0.1) is 6.92 Å². The zero-order chi connectivity index (χ0) is 13.1. The highest BCUT2D eigenvalue weighted by atomic mass is 79.9. The van der Waals surface area contributed by atoms with Crippen LogP contribution in [0.2, 0.25) is 0 Å². The SMILES string of the molecule is Cc1cccc(N(C)c2ccc(Br)cc2CN)c1. The monoisotopic (exact) mass is 304 g/mol. The molecule has 2 aromatic rings. The molecule has 0 amide bonds. The van der Waals surface area contributed by atoms with Crippen molar-refractivity contribution in [2.45, 2.75) is 13.5 Å². The Morgan fingerprint density at radius 2 is 1.94 bits per heavy atom. The van der Waals surface area contributed by atoms with Gasteiger partial charge < -0.3 is 10.6 Å². The van der Waals surface area contributed by atoms with E-state index < -0.39 is 0 Å². The average Bonchev–Trinajstić information content (AvgIpc) is 2.37.